The summed E-state index contributed by atoms with van der Waals surface area (Å²) in [5.74, 6) is 0. The molecule has 0 fully saturated rings. The Morgan fingerprint density at radius 1 is 1.14 bits per heavy atom. The van der Waals surface area contributed by atoms with E-state index in [1.807, 2.05) is 0 Å². The van der Waals surface area contributed by atoms with Crippen molar-refractivity contribution in [3.63, 3.8) is 0 Å². The van der Waals surface area contributed by atoms with Gasteiger partial charge in [0.15, 0.2) is 0 Å². The van der Waals surface area contributed by atoms with E-state index in [2.05, 4.69) is 0 Å². The standard InChI is InChI=1S/CH4.FH.H3O4P/c;;1-5(2,3)4/h1H4;1H;(H3,1,2,3,4). The van der Waals surface area contributed by atoms with Crippen LogP contribution >= 0.6 is 7.82 Å². The number of rotatable bonds is 0. The molecule has 0 aliphatic carbocycles. The minimum atomic E-state index is -4.64. The van der Waals surface area contributed by atoms with E-state index in [0.29, 0.717) is 0 Å². The third-order valence-corrected chi connectivity index (χ3v) is 0. The molecule has 48 valence electrons. The normalized spacial score (nSPS) is 8.43. The summed E-state index contributed by atoms with van der Waals surface area (Å²) in [6.07, 6.45) is 0. The van der Waals surface area contributed by atoms with Crippen LogP contribution in [0.15, 0.2) is 0 Å². The Morgan fingerprint density at radius 3 is 1.14 bits per heavy atom. The molecular formula is CH8FO4P. The maximum Gasteiger partial charge on any atom is 0.466 e. The van der Waals surface area contributed by atoms with E-state index in [1.165, 1.54) is 0 Å². The Morgan fingerprint density at radius 2 is 1.14 bits per heavy atom. The second kappa shape index (κ2) is 4.21. The van der Waals surface area contributed by atoms with Crippen molar-refractivity contribution in [2.45, 2.75) is 7.43 Å². The zero-order chi connectivity index (χ0) is 4.50. The molecule has 0 saturated carbocycles. The number of hydrogen-bond donors (Lipinski definition) is 3. The van der Waals surface area contributed by atoms with Crippen LogP contribution < -0.4 is 0 Å². The van der Waals surface area contributed by atoms with Crippen LogP contribution in [0.3, 0.4) is 0 Å². The van der Waals surface area contributed by atoms with E-state index < -0.39 is 7.82 Å². The summed E-state index contributed by atoms with van der Waals surface area (Å²) in [4.78, 5) is 21.6. The molecule has 0 aromatic rings. The molecule has 0 heterocycles. The predicted molar refractivity (Wildman–Crippen MR) is 23.5 cm³/mol. The molecular weight excluding hydrogens is 126 g/mol. The predicted octanol–water partition coefficient (Wildman–Crippen LogP) is -0.140. The lowest BCUT2D eigenvalue weighted by molar-refractivity contribution is 0.275. The van der Waals surface area contributed by atoms with E-state index in [4.69, 9.17) is 19.2 Å². The summed E-state index contributed by atoms with van der Waals surface area (Å²) in [5.41, 5.74) is 0. The Labute approximate surface area is 40.4 Å². The van der Waals surface area contributed by atoms with Crippen molar-refractivity contribution in [1.82, 2.24) is 0 Å². The lowest BCUT2D eigenvalue weighted by Gasteiger charge is -1.82. The van der Waals surface area contributed by atoms with E-state index in [9.17, 15) is 0 Å². The molecule has 7 heavy (non-hydrogen) atoms. The van der Waals surface area contributed by atoms with Crippen LogP contribution in [0.2, 0.25) is 0 Å². The first-order valence-corrected chi connectivity index (χ1v) is 2.35. The Hall–Kier alpha value is 0.0400. The van der Waals surface area contributed by atoms with Gasteiger partial charge in [-0.05, 0) is 0 Å². The van der Waals surface area contributed by atoms with Gasteiger partial charge in [0.05, 0.1) is 0 Å². The monoisotopic (exact) mass is 134 g/mol. The average Bonchev–Trinajstić information content (AvgIpc) is 0.722. The van der Waals surface area contributed by atoms with Gasteiger partial charge in [-0.2, -0.15) is 0 Å². The maximum atomic E-state index is 8.88. The quantitative estimate of drug-likeness (QED) is 0.403. The topological polar surface area (TPSA) is 77.8 Å². The summed E-state index contributed by atoms with van der Waals surface area (Å²) in [5, 5.41) is 0. The molecule has 0 saturated heterocycles. The zero-order valence-corrected chi connectivity index (χ0v) is 3.50. The van der Waals surface area contributed by atoms with Gasteiger partial charge < -0.3 is 14.7 Å². The molecule has 0 amide bonds. The fourth-order valence-corrected chi connectivity index (χ4v) is 0. The molecule has 0 aromatic heterocycles. The maximum absolute atomic E-state index is 8.88. The van der Waals surface area contributed by atoms with Gasteiger partial charge in [0.1, 0.15) is 0 Å². The zero-order valence-electron chi connectivity index (χ0n) is 2.61. The largest absolute Gasteiger partial charge is 0.466 e. The molecule has 0 rings (SSSR count). The smallest absolute Gasteiger partial charge is 0.303 e. The van der Waals surface area contributed by atoms with Crippen molar-refractivity contribution in [2.75, 3.05) is 0 Å². The first-order chi connectivity index (χ1) is 2.00. The molecule has 0 aromatic carbocycles. The van der Waals surface area contributed by atoms with Crippen LogP contribution in [0, 0.1) is 0 Å². The van der Waals surface area contributed by atoms with Gasteiger partial charge in [0.25, 0.3) is 0 Å². The van der Waals surface area contributed by atoms with Gasteiger partial charge >= 0.3 is 7.82 Å². The van der Waals surface area contributed by atoms with Crippen molar-refractivity contribution in [2.24, 2.45) is 0 Å². The highest BCUT2D eigenvalue weighted by molar-refractivity contribution is 7.45. The molecule has 0 spiro atoms. The summed E-state index contributed by atoms with van der Waals surface area (Å²) in [7, 11) is -4.64. The highest BCUT2D eigenvalue weighted by Crippen LogP contribution is 2.25. The van der Waals surface area contributed by atoms with Crippen molar-refractivity contribution < 1.29 is 23.9 Å². The van der Waals surface area contributed by atoms with Crippen LogP contribution in [-0.4, -0.2) is 14.7 Å². The molecule has 6 heteroatoms. The number of halogens is 1. The molecule has 0 unspecified atom stereocenters. The lowest BCUT2D eigenvalue weighted by Crippen LogP contribution is -1.66. The van der Waals surface area contributed by atoms with Gasteiger partial charge in [-0.25, -0.2) is 4.57 Å². The lowest BCUT2D eigenvalue weighted by atomic mass is 12.0. The van der Waals surface area contributed by atoms with Crippen LogP contribution in [0.25, 0.3) is 0 Å². The second-order valence-electron chi connectivity index (χ2n) is 0.513. The van der Waals surface area contributed by atoms with Gasteiger partial charge in [0.2, 0.25) is 0 Å². The summed E-state index contributed by atoms with van der Waals surface area (Å²) in [6.45, 7) is 0. The van der Waals surface area contributed by atoms with E-state index in [-0.39, 0.29) is 12.1 Å². The van der Waals surface area contributed by atoms with Gasteiger partial charge in [-0.1, -0.05) is 7.43 Å². The minimum Gasteiger partial charge on any atom is -0.303 e. The molecule has 0 aliphatic rings. The molecule has 3 N–H and O–H groups in total. The Bertz CT molecular complexity index is 57.8. The summed E-state index contributed by atoms with van der Waals surface area (Å²) >= 11 is 0. The van der Waals surface area contributed by atoms with Crippen LogP contribution in [0.4, 0.5) is 4.70 Å². The molecule has 4 nitrogen and oxygen atoms in total. The first kappa shape index (κ1) is 15.7. The van der Waals surface area contributed by atoms with E-state index in [1.54, 1.807) is 0 Å². The fraction of sp³-hybridized carbons (Fsp3) is 1.00. The Kier molecular flexibility index (Phi) is 9.45. The number of phosphoric acid groups is 1. The molecule has 0 radical (unpaired) electrons. The van der Waals surface area contributed by atoms with Gasteiger partial charge in [-0.15, -0.1) is 0 Å². The molecule has 0 bridgehead atoms. The highest BCUT2D eigenvalue weighted by Gasteiger charge is 2.00. The van der Waals surface area contributed by atoms with Crippen LogP contribution in [-0.2, 0) is 4.57 Å². The summed E-state index contributed by atoms with van der Waals surface area (Å²) in [6, 6.07) is 0. The van der Waals surface area contributed by atoms with Crippen molar-refractivity contribution in [3.05, 3.63) is 0 Å². The van der Waals surface area contributed by atoms with Crippen LogP contribution in [0.1, 0.15) is 7.43 Å². The third-order valence-electron chi connectivity index (χ3n) is 0. The molecule has 0 atom stereocenters. The minimum absolute atomic E-state index is 0. The van der Waals surface area contributed by atoms with E-state index >= 15 is 0 Å². The second-order valence-corrected chi connectivity index (χ2v) is 1.54. The van der Waals surface area contributed by atoms with Crippen molar-refractivity contribution >= 4 is 7.82 Å². The SMILES string of the molecule is C.F.O=P(O)(O)O. The summed E-state index contributed by atoms with van der Waals surface area (Å²) < 4.78 is 8.88. The Balaban J connectivity index is -0.0000000800. The highest BCUT2D eigenvalue weighted by atomic mass is 31.2. The number of hydrogen-bond acceptors (Lipinski definition) is 1. The van der Waals surface area contributed by atoms with Crippen molar-refractivity contribution in [1.29, 1.82) is 0 Å². The third kappa shape index (κ3) is 61600. The van der Waals surface area contributed by atoms with Gasteiger partial charge in [-0.3, -0.25) is 4.70 Å². The van der Waals surface area contributed by atoms with Crippen molar-refractivity contribution in [3.8, 4) is 0 Å². The van der Waals surface area contributed by atoms with Crippen LogP contribution in [0.5, 0.6) is 0 Å². The first-order valence-electron chi connectivity index (χ1n) is 0.783. The van der Waals surface area contributed by atoms with Gasteiger partial charge in [0, 0.05) is 0 Å². The average molecular weight is 134 g/mol. The van der Waals surface area contributed by atoms with E-state index in [0.717, 1.165) is 0 Å². The fourth-order valence-electron chi connectivity index (χ4n) is 0. The molecule has 0 aliphatic heterocycles.